The van der Waals surface area contributed by atoms with Crippen molar-refractivity contribution < 1.29 is 9.21 Å². The molecule has 1 fully saturated rings. The van der Waals surface area contributed by atoms with Gasteiger partial charge in [0.05, 0.1) is 6.54 Å². The van der Waals surface area contributed by atoms with Gasteiger partial charge >= 0.3 is 0 Å². The first-order valence-electron chi connectivity index (χ1n) is 4.89. The highest BCUT2D eigenvalue weighted by atomic mass is 16.4. The number of nitrogens with two attached hydrogens (primary N) is 1. The molecule has 0 radical (unpaired) electrons. The van der Waals surface area contributed by atoms with Crippen molar-refractivity contribution in [3.05, 3.63) is 23.7 Å². The van der Waals surface area contributed by atoms with Gasteiger partial charge in [-0.15, -0.1) is 0 Å². The first kappa shape index (κ1) is 9.27. The van der Waals surface area contributed by atoms with Crippen LogP contribution < -0.4 is 5.73 Å². The normalized spacial score (nSPS) is 16.2. The monoisotopic (exact) mass is 194 g/mol. The van der Waals surface area contributed by atoms with Crippen LogP contribution in [-0.4, -0.2) is 23.9 Å². The molecule has 2 N–H and O–H groups in total. The van der Waals surface area contributed by atoms with E-state index in [0.717, 1.165) is 25.9 Å². The molecule has 0 saturated carbocycles. The van der Waals surface area contributed by atoms with Gasteiger partial charge in [0.25, 0.3) is 5.91 Å². The molecule has 0 unspecified atom stereocenters. The summed E-state index contributed by atoms with van der Waals surface area (Å²) >= 11 is 0. The Bertz CT molecular complexity index is 327. The second-order valence-corrected chi connectivity index (χ2v) is 3.47. The third kappa shape index (κ3) is 1.65. The van der Waals surface area contributed by atoms with Gasteiger partial charge in [-0.1, -0.05) is 0 Å². The van der Waals surface area contributed by atoms with Crippen LogP contribution in [0.25, 0.3) is 0 Å². The summed E-state index contributed by atoms with van der Waals surface area (Å²) in [6, 6.07) is 3.45. The van der Waals surface area contributed by atoms with Crippen LogP contribution in [-0.2, 0) is 6.54 Å². The van der Waals surface area contributed by atoms with Gasteiger partial charge < -0.3 is 15.1 Å². The van der Waals surface area contributed by atoms with Gasteiger partial charge in [0.1, 0.15) is 5.76 Å². The predicted molar refractivity (Wildman–Crippen MR) is 51.7 cm³/mol. The number of furan rings is 1. The van der Waals surface area contributed by atoms with E-state index < -0.39 is 0 Å². The fourth-order valence-electron chi connectivity index (χ4n) is 1.68. The summed E-state index contributed by atoms with van der Waals surface area (Å²) in [7, 11) is 0. The molecular formula is C10H14N2O2. The standard InChI is InChI=1S/C10H14N2O2/c11-7-8-3-4-9(14-8)10(13)12-5-1-2-6-12/h3-4H,1-2,5-7,11H2. The Labute approximate surface area is 82.7 Å². The maximum atomic E-state index is 11.8. The van der Waals surface area contributed by atoms with Gasteiger partial charge in [-0.05, 0) is 25.0 Å². The lowest BCUT2D eigenvalue weighted by Crippen LogP contribution is -2.27. The van der Waals surface area contributed by atoms with Gasteiger partial charge in [-0.3, -0.25) is 4.79 Å². The molecule has 1 aromatic heterocycles. The van der Waals surface area contributed by atoms with Crippen LogP contribution in [0, 0.1) is 0 Å². The summed E-state index contributed by atoms with van der Waals surface area (Å²) in [6.07, 6.45) is 2.19. The van der Waals surface area contributed by atoms with E-state index in [1.807, 2.05) is 4.90 Å². The quantitative estimate of drug-likeness (QED) is 0.763. The Balaban J connectivity index is 2.09. The van der Waals surface area contributed by atoms with Crippen molar-refractivity contribution >= 4 is 5.91 Å². The number of carbonyl (C=O) groups excluding carboxylic acids is 1. The van der Waals surface area contributed by atoms with Crippen molar-refractivity contribution in [3.63, 3.8) is 0 Å². The molecule has 0 spiro atoms. The minimum atomic E-state index is -0.0119. The lowest BCUT2D eigenvalue weighted by Gasteiger charge is -2.12. The van der Waals surface area contributed by atoms with Crippen molar-refractivity contribution in [1.29, 1.82) is 0 Å². The van der Waals surface area contributed by atoms with E-state index in [-0.39, 0.29) is 5.91 Å². The van der Waals surface area contributed by atoms with E-state index in [0.29, 0.717) is 18.1 Å². The van der Waals surface area contributed by atoms with Crippen LogP contribution in [0.2, 0.25) is 0 Å². The molecular weight excluding hydrogens is 180 g/mol. The van der Waals surface area contributed by atoms with Crippen molar-refractivity contribution in [1.82, 2.24) is 4.90 Å². The molecule has 1 saturated heterocycles. The zero-order valence-electron chi connectivity index (χ0n) is 8.03. The fraction of sp³-hybridized carbons (Fsp3) is 0.500. The Morgan fingerprint density at radius 2 is 2.14 bits per heavy atom. The first-order chi connectivity index (χ1) is 6.81. The summed E-state index contributed by atoms with van der Waals surface area (Å²) in [6.45, 7) is 2.03. The van der Waals surface area contributed by atoms with Crippen LogP contribution in [0.4, 0.5) is 0 Å². The Kier molecular flexibility index (Phi) is 2.54. The Morgan fingerprint density at radius 3 is 2.71 bits per heavy atom. The third-order valence-electron chi connectivity index (χ3n) is 2.47. The highest BCUT2D eigenvalue weighted by molar-refractivity contribution is 5.91. The van der Waals surface area contributed by atoms with E-state index in [1.165, 1.54) is 0 Å². The van der Waals surface area contributed by atoms with Crippen LogP contribution in [0.15, 0.2) is 16.5 Å². The largest absolute Gasteiger partial charge is 0.455 e. The van der Waals surface area contributed by atoms with Crippen molar-refractivity contribution in [2.24, 2.45) is 5.73 Å². The lowest BCUT2D eigenvalue weighted by molar-refractivity contribution is 0.0759. The lowest BCUT2D eigenvalue weighted by atomic mass is 10.4. The van der Waals surface area contributed by atoms with Gasteiger partial charge in [0.15, 0.2) is 5.76 Å². The maximum absolute atomic E-state index is 11.8. The van der Waals surface area contributed by atoms with Crippen molar-refractivity contribution in [2.75, 3.05) is 13.1 Å². The van der Waals surface area contributed by atoms with Gasteiger partial charge in [-0.25, -0.2) is 0 Å². The van der Waals surface area contributed by atoms with Crippen molar-refractivity contribution in [3.8, 4) is 0 Å². The molecule has 14 heavy (non-hydrogen) atoms. The topological polar surface area (TPSA) is 59.5 Å². The smallest absolute Gasteiger partial charge is 0.289 e. The number of amides is 1. The van der Waals surface area contributed by atoms with Gasteiger partial charge in [0, 0.05) is 13.1 Å². The van der Waals surface area contributed by atoms with Crippen LogP contribution in [0.5, 0.6) is 0 Å². The van der Waals surface area contributed by atoms with Crippen LogP contribution >= 0.6 is 0 Å². The highest BCUT2D eigenvalue weighted by Crippen LogP contribution is 2.14. The Hall–Kier alpha value is -1.29. The summed E-state index contributed by atoms with van der Waals surface area (Å²) in [5, 5.41) is 0. The summed E-state index contributed by atoms with van der Waals surface area (Å²) < 4.78 is 5.29. The molecule has 2 heterocycles. The summed E-state index contributed by atoms with van der Waals surface area (Å²) in [5.41, 5.74) is 5.40. The molecule has 4 heteroatoms. The molecule has 0 atom stereocenters. The summed E-state index contributed by atoms with van der Waals surface area (Å²) in [4.78, 5) is 13.6. The molecule has 0 aliphatic carbocycles. The van der Waals surface area contributed by atoms with E-state index in [4.69, 9.17) is 10.2 Å². The Morgan fingerprint density at radius 1 is 1.43 bits per heavy atom. The minimum Gasteiger partial charge on any atom is -0.455 e. The molecule has 4 nitrogen and oxygen atoms in total. The number of hydrogen-bond donors (Lipinski definition) is 1. The maximum Gasteiger partial charge on any atom is 0.289 e. The summed E-state index contributed by atoms with van der Waals surface area (Å²) in [5.74, 6) is 1.06. The number of likely N-dealkylation sites (tertiary alicyclic amines) is 1. The van der Waals surface area contributed by atoms with E-state index in [1.54, 1.807) is 12.1 Å². The number of nitrogens with zero attached hydrogens (tertiary/aromatic N) is 1. The van der Waals surface area contributed by atoms with Gasteiger partial charge in [-0.2, -0.15) is 0 Å². The highest BCUT2D eigenvalue weighted by Gasteiger charge is 2.21. The minimum absolute atomic E-state index is 0.0119. The fourth-order valence-corrected chi connectivity index (χ4v) is 1.68. The van der Waals surface area contributed by atoms with Gasteiger partial charge in [0.2, 0.25) is 0 Å². The van der Waals surface area contributed by atoms with Crippen molar-refractivity contribution in [2.45, 2.75) is 19.4 Å². The average Bonchev–Trinajstić information content (AvgIpc) is 2.88. The molecule has 1 amide bonds. The zero-order chi connectivity index (χ0) is 9.97. The first-order valence-corrected chi connectivity index (χ1v) is 4.89. The van der Waals surface area contributed by atoms with E-state index >= 15 is 0 Å². The second kappa shape index (κ2) is 3.84. The average molecular weight is 194 g/mol. The third-order valence-corrected chi connectivity index (χ3v) is 2.47. The molecule has 2 rings (SSSR count). The number of carbonyl (C=O) groups is 1. The molecule has 76 valence electrons. The molecule has 0 bridgehead atoms. The zero-order valence-corrected chi connectivity index (χ0v) is 8.03. The molecule has 1 aromatic rings. The number of hydrogen-bond acceptors (Lipinski definition) is 3. The SMILES string of the molecule is NCc1ccc(C(=O)N2CCCC2)o1. The van der Waals surface area contributed by atoms with E-state index in [2.05, 4.69) is 0 Å². The molecule has 1 aliphatic rings. The van der Waals surface area contributed by atoms with Crippen LogP contribution in [0.3, 0.4) is 0 Å². The second-order valence-electron chi connectivity index (χ2n) is 3.47. The number of rotatable bonds is 2. The predicted octanol–water partition coefficient (Wildman–Crippen LogP) is 0.974. The molecule has 0 aromatic carbocycles. The molecule has 1 aliphatic heterocycles. The van der Waals surface area contributed by atoms with Crippen LogP contribution in [0.1, 0.15) is 29.2 Å². The van der Waals surface area contributed by atoms with E-state index in [9.17, 15) is 4.79 Å².